The van der Waals surface area contributed by atoms with Crippen molar-refractivity contribution in [2.75, 3.05) is 7.11 Å². The van der Waals surface area contributed by atoms with Gasteiger partial charge in [0.1, 0.15) is 0 Å². The number of carbonyl (C=O) groups excluding carboxylic acids is 1. The van der Waals surface area contributed by atoms with Crippen molar-refractivity contribution in [2.24, 2.45) is 0 Å². The number of esters is 1. The Hall–Kier alpha value is -0.900. The molecule has 0 aromatic carbocycles. The number of thiazole rings is 1. The summed E-state index contributed by atoms with van der Waals surface area (Å²) < 4.78 is 4.40. The summed E-state index contributed by atoms with van der Waals surface area (Å²) in [5.74, 6) is -0.370. The summed E-state index contributed by atoms with van der Waals surface area (Å²) in [5.41, 5.74) is 0. The number of aromatic nitrogens is 1. The van der Waals surface area contributed by atoms with Gasteiger partial charge in [-0.15, -0.1) is 11.3 Å². The van der Waals surface area contributed by atoms with E-state index in [0.29, 0.717) is 5.01 Å². The van der Waals surface area contributed by atoms with E-state index in [-0.39, 0.29) is 5.97 Å². The second kappa shape index (κ2) is 2.59. The van der Waals surface area contributed by atoms with Gasteiger partial charge in [-0.05, 0) is 0 Å². The predicted octanol–water partition coefficient (Wildman–Crippen LogP) is 0.930. The third kappa shape index (κ3) is 1.26. The van der Waals surface area contributed by atoms with Crippen LogP contribution in [0.25, 0.3) is 0 Å². The molecule has 0 atom stereocenters. The average molecular weight is 143 g/mol. The van der Waals surface area contributed by atoms with Crippen molar-refractivity contribution in [2.45, 2.75) is 0 Å². The van der Waals surface area contributed by atoms with Gasteiger partial charge in [-0.1, -0.05) is 0 Å². The second-order valence-corrected chi connectivity index (χ2v) is 2.22. The molecule has 0 unspecified atom stereocenters. The van der Waals surface area contributed by atoms with E-state index in [1.165, 1.54) is 18.4 Å². The normalized spacial score (nSPS) is 9.00. The molecule has 0 aliphatic rings. The van der Waals surface area contributed by atoms with E-state index in [2.05, 4.69) is 9.72 Å². The largest absolute Gasteiger partial charge is 0.464 e. The molecule has 4 heteroatoms. The van der Waals surface area contributed by atoms with Crippen molar-refractivity contribution >= 4 is 17.3 Å². The van der Waals surface area contributed by atoms with Crippen LogP contribution in [-0.2, 0) is 4.74 Å². The molecule has 0 radical (unpaired) electrons. The Kier molecular flexibility index (Phi) is 1.79. The lowest BCUT2D eigenvalue weighted by atomic mass is 10.7. The lowest BCUT2D eigenvalue weighted by Crippen LogP contribution is -1.98. The lowest BCUT2D eigenvalue weighted by Gasteiger charge is -1.88. The van der Waals surface area contributed by atoms with Gasteiger partial charge in [0.25, 0.3) is 0 Å². The third-order valence-electron chi connectivity index (χ3n) is 0.792. The molecule has 1 rings (SSSR count). The number of methoxy groups -OCH3 is 1. The first-order valence-electron chi connectivity index (χ1n) is 2.32. The highest BCUT2D eigenvalue weighted by Gasteiger charge is 2.05. The number of ether oxygens (including phenoxy) is 1. The standard InChI is InChI=1S/C5H5NO2S/c1-8-5(7)4-6-2-3-9-4/h2-3H,1H3. The zero-order valence-electron chi connectivity index (χ0n) is 4.83. The Morgan fingerprint density at radius 1 is 1.89 bits per heavy atom. The molecule has 0 fully saturated rings. The van der Waals surface area contributed by atoms with Crippen molar-refractivity contribution in [3.05, 3.63) is 16.6 Å². The van der Waals surface area contributed by atoms with E-state index < -0.39 is 0 Å². The Balaban J connectivity index is 2.77. The van der Waals surface area contributed by atoms with Crippen LogP contribution in [0.4, 0.5) is 0 Å². The minimum Gasteiger partial charge on any atom is -0.464 e. The molecule has 1 aromatic rings. The monoisotopic (exact) mass is 143 g/mol. The molecule has 0 amide bonds. The zero-order valence-corrected chi connectivity index (χ0v) is 5.64. The molecule has 0 bridgehead atoms. The summed E-state index contributed by atoms with van der Waals surface area (Å²) in [4.78, 5) is 14.3. The molecule has 3 nitrogen and oxygen atoms in total. The maximum absolute atomic E-state index is 10.6. The molecule has 0 aliphatic heterocycles. The minimum absolute atomic E-state index is 0.370. The fourth-order valence-corrected chi connectivity index (χ4v) is 0.963. The average Bonchev–Trinajstić information content (AvgIpc) is 2.37. The third-order valence-corrected chi connectivity index (χ3v) is 1.55. The molecule has 9 heavy (non-hydrogen) atoms. The van der Waals surface area contributed by atoms with Gasteiger partial charge in [-0.3, -0.25) is 0 Å². The van der Waals surface area contributed by atoms with Crippen molar-refractivity contribution in [1.29, 1.82) is 0 Å². The van der Waals surface area contributed by atoms with Crippen LogP contribution in [0, 0.1) is 0 Å². The second-order valence-electron chi connectivity index (χ2n) is 1.33. The van der Waals surface area contributed by atoms with Crippen LogP contribution < -0.4 is 0 Å². The van der Waals surface area contributed by atoms with Gasteiger partial charge in [0.05, 0.1) is 7.11 Å². The highest BCUT2D eigenvalue weighted by molar-refractivity contribution is 7.11. The first-order chi connectivity index (χ1) is 4.34. The number of rotatable bonds is 1. The first kappa shape index (κ1) is 6.22. The Labute approximate surface area is 56.3 Å². The van der Waals surface area contributed by atoms with Crippen LogP contribution in [-0.4, -0.2) is 18.1 Å². The summed E-state index contributed by atoms with van der Waals surface area (Å²) in [6.45, 7) is 0. The van der Waals surface area contributed by atoms with Gasteiger partial charge in [0.15, 0.2) is 0 Å². The number of nitrogens with zero attached hydrogens (tertiary/aromatic N) is 1. The minimum atomic E-state index is -0.370. The van der Waals surface area contributed by atoms with Gasteiger partial charge in [0.2, 0.25) is 5.01 Å². The van der Waals surface area contributed by atoms with Crippen LogP contribution in [0.15, 0.2) is 11.6 Å². The molecule has 1 heterocycles. The van der Waals surface area contributed by atoms with Crippen molar-refractivity contribution in [1.82, 2.24) is 4.98 Å². The fraction of sp³-hybridized carbons (Fsp3) is 0.200. The van der Waals surface area contributed by atoms with Crippen LogP contribution >= 0.6 is 11.3 Å². The summed E-state index contributed by atoms with van der Waals surface area (Å²) >= 11 is 1.27. The molecule has 0 N–H and O–H groups in total. The molecule has 0 saturated heterocycles. The van der Waals surface area contributed by atoms with E-state index in [1.54, 1.807) is 11.6 Å². The van der Waals surface area contributed by atoms with Gasteiger partial charge >= 0.3 is 5.97 Å². The smallest absolute Gasteiger partial charge is 0.367 e. The van der Waals surface area contributed by atoms with Crippen molar-refractivity contribution in [3.63, 3.8) is 0 Å². The van der Waals surface area contributed by atoms with Crippen LogP contribution in [0.5, 0.6) is 0 Å². The first-order valence-corrected chi connectivity index (χ1v) is 3.20. The summed E-state index contributed by atoms with van der Waals surface area (Å²) in [7, 11) is 1.34. The molecule has 0 saturated carbocycles. The molecular formula is C5H5NO2S. The summed E-state index contributed by atoms with van der Waals surface area (Å²) in [6, 6.07) is 0. The van der Waals surface area contributed by atoms with Crippen molar-refractivity contribution < 1.29 is 9.53 Å². The number of carbonyl (C=O) groups is 1. The molecule has 1 aromatic heterocycles. The van der Waals surface area contributed by atoms with Crippen LogP contribution in [0.1, 0.15) is 9.80 Å². The molecular weight excluding hydrogens is 138 g/mol. The lowest BCUT2D eigenvalue weighted by molar-refractivity contribution is 0.0600. The maximum Gasteiger partial charge on any atom is 0.367 e. The van der Waals surface area contributed by atoms with Gasteiger partial charge < -0.3 is 4.74 Å². The van der Waals surface area contributed by atoms with E-state index in [0.717, 1.165) is 0 Å². The highest BCUT2D eigenvalue weighted by Crippen LogP contribution is 2.03. The zero-order chi connectivity index (χ0) is 6.69. The Bertz CT molecular complexity index is 195. The number of hydrogen-bond donors (Lipinski definition) is 0. The molecule has 0 spiro atoms. The topological polar surface area (TPSA) is 39.2 Å². The maximum atomic E-state index is 10.6. The summed E-state index contributed by atoms with van der Waals surface area (Å²) in [5, 5.41) is 2.13. The van der Waals surface area contributed by atoms with E-state index in [9.17, 15) is 4.79 Å². The van der Waals surface area contributed by atoms with Gasteiger partial charge in [-0.2, -0.15) is 0 Å². The van der Waals surface area contributed by atoms with Crippen LogP contribution in [0.2, 0.25) is 0 Å². The molecule has 0 aliphatic carbocycles. The Morgan fingerprint density at radius 2 is 2.67 bits per heavy atom. The quantitative estimate of drug-likeness (QED) is 0.549. The van der Waals surface area contributed by atoms with Crippen LogP contribution in [0.3, 0.4) is 0 Å². The van der Waals surface area contributed by atoms with Gasteiger partial charge in [0, 0.05) is 11.6 Å². The highest BCUT2D eigenvalue weighted by atomic mass is 32.1. The number of hydrogen-bond acceptors (Lipinski definition) is 4. The van der Waals surface area contributed by atoms with E-state index in [4.69, 9.17) is 0 Å². The van der Waals surface area contributed by atoms with Crippen molar-refractivity contribution in [3.8, 4) is 0 Å². The summed E-state index contributed by atoms with van der Waals surface area (Å²) in [6.07, 6.45) is 1.57. The van der Waals surface area contributed by atoms with Gasteiger partial charge in [-0.25, -0.2) is 9.78 Å². The van der Waals surface area contributed by atoms with E-state index in [1.807, 2.05) is 0 Å². The fourth-order valence-electron chi connectivity index (χ4n) is 0.412. The van der Waals surface area contributed by atoms with E-state index >= 15 is 0 Å². The predicted molar refractivity (Wildman–Crippen MR) is 33.5 cm³/mol. The SMILES string of the molecule is COC(=O)c1nccs1. The Morgan fingerprint density at radius 3 is 3.11 bits per heavy atom. The molecule has 48 valence electrons.